The summed E-state index contributed by atoms with van der Waals surface area (Å²) >= 11 is 0. The molecule has 1 unspecified atom stereocenters. The zero-order valence-electron chi connectivity index (χ0n) is 9.36. The highest BCUT2D eigenvalue weighted by molar-refractivity contribution is 5.39. The van der Waals surface area contributed by atoms with E-state index in [0.29, 0.717) is 5.56 Å². The van der Waals surface area contributed by atoms with Crippen molar-refractivity contribution in [2.45, 2.75) is 25.4 Å². The molecule has 2 rings (SSSR count). The summed E-state index contributed by atoms with van der Waals surface area (Å²) in [5.74, 6) is 0.788. The first-order chi connectivity index (χ1) is 7.72. The third-order valence-corrected chi connectivity index (χ3v) is 2.84. The number of aromatic nitrogens is 1. The number of ether oxygens (including phenoxy) is 1. The molecule has 1 saturated heterocycles. The molecule has 0 amide bonds. The van der Waals surface area contributed by atoms with Crippen LogP contribution >= 0.6 is 0 Å². The van der Waals surface area contributed by atoms with Gasteiger partial charge in [-0.1, -0.05) is 0 Å². The van der Waals surface area contributed by atoms with E-state index >= 15 is 0 Å². The lowest BCUT2D eigenvalue weighted by Crippen LogP contribution is -2.32. The van der Waals surface area contributed by atoms with Gasteiger partial charge in [0.1, 0.15) is 11.9 Å². The van der Waals surface area contributed by atoms with E-state index in [1.807, 2.05) is 12.1 Å². The first kappa shape index (κ1) is 10.9. The highest BCUT2D eigenvalue weighted by Gasteiger charge is 2.29. The van der Waals surface area contributed by atoms with Gasteiger partial charge >= 0.3 is 0 Å². The molecule has 1 fully saturated rings. The monoisotopic (exact) mass is 217 g/mol. The number of nitriles is 1. The summed E-state index contributed by atoms with van der Waals surface area (Å²) in [6.45, 7) is 3.71. The van der Waals surface area contributed by atoms with Crippen LogP contribution in [0.15, 0.2) is 18.3 Å². The van der Waals surface area contributed by atoms with E-state index < -0.39 is 0 Å². The summed E-state index contributed by atoms with van der Waals surface area (Å²) in [5, 5.41) is 11.9. The number of rotatable bonds is 3. The molecule has 1 N–H and O–H groups in total. The van der Waals surface area contributed by atoms with Gasteiger partial charge < -0.3 is 10.1 Å². The van der Waals surface area contributed by atoms with Gasteiger partial charge in [-0.2, -0.15) is 5.26 Å². The zero-order valence-corrected chi connectivity index (χ0v) is 9.36. The molecular weight excluding hydrogens is 202 g/mol. The predicted molar refractivity (Wildman–Crippen MR) is 61.0 cm³/mol. The Hall–Kier alpha value is -1.60. The molecule has 1 aliphatic heterocycles. The SMILES string of the molecule is CC1(CNc2ccc(C#N)cn2)CCCO1. The van der Waals surface area contributed by atoms with Crippen molar-refractivity contribution >= 4 is 5.82 Å². The maximum absolute atomic E-state index is 8.64. The molecule has 0 bridgehead atoms. The fourth-order valence-electron chi connectivity index (χ4n) is 1.82. The van der Waals surface area contributed by atoms with Crippen LogP contribution < -0.4 is 5.32 Å². The van der Waals surface area contributed by atoms with Gasteiger partial charge in [0, 0.05) is 19.3 Å². The quantitative estimate of drug-likeness (QED) is 0.840. The van der Waals surface area contributed by atoms with E-state index in [1.165, 1.54) is 0 Å². The lowest BCUT2D eigenvalue weighted by atomic mass is 10.0. The third kappa shape index (κ3) is 2.50. The van der Waals surface area contributed by atoms with Gasteiger partial charge in [0.25, 0.3) is 0 Å². The van der Waals surface area contributed by atoms with E-state index in [0.717, 1.165) is 31.8 Å². The number of hydrogen-bond acceptors (Lipinski definition) is 4. The molecule has 1 aromatic rings. The van der Waals surface area contributed by atoms with Crippen LogP contribution in [0, 0.1) is 11.3 Å². The molecule has 1 aliphatic rings. The van der Waals surface area contributed by atoms with Gasteiger partial charge in [-0.15, -0.1) is 0 Å². The Kier molecular flexibility index (Phi) is 3.07. The topological polar surface area (TPSA) is 57.9 Å². The van der Waals surface area contributed by atoms with Gasteiger partial charge in [0.2, 0.25) is 0 Å². The molecule has 4 nitrogen and oxygen atoms in total. The standard InChI is InChI=1S/C12H15N3O/c1-12(5-2-6-16-12)9-15-11-4-3-10(7-13)8-14-11/h3-4,8H,2,5-6,9H2,1H3,(H,14,15). The average Bonchev–Trinajstić information content (AvgIpc) is 2.75. The first-order valence-corrected chi connectivity index (χ1v) is 5.46. The number of nitrogens with one attached hydrogen (secondary N) is 1. The molecule has 1 aromatic heterocycles. The summed E-state index contributed by atoms with van der Waals surface area (Å²) in [6.07, 6.45) is 3.77. The summed E-state index contributed by atoms with van der Waals surface area (Å²) < 4.78 is 5.66. The van der Waals surface area contributed by atoms with E-state index in [9.17, 15) is 0 Å². The van der Waals surface area contributed by atoms with Crippen LogP contribution in [0.2, 0.25) is 0 Å². The molecule has 0 saturated carbocycles. The van der Waals surface area contributed by atoms with Crippen LogP contribution in [0.1, 0.15) is 25.3 Å². The number of anilines is 1. The molecule has 0 spiro atoms. The van der Waals surface area contributed by atoms with Gasteiger partial charge in [-0.05, 0) is 31.9 Å². The summed E-state index contributed by atoms with van der Waals surface area (Å²) in [5.41, 5.74) is 0.504. The van der Waals surface area contributed by atoms with Gasteiger partial charge in [-0.3, -0.25) is 0 Å². The Morgan fingerprint density at radius 1 is 1.62 bits per heavy atom. The number of pyridine rings is 1. The second-order valence-electron chi connectivity index (χ2n) is 4.30. The fourth-order valence-corrected chi connectivity index (χ4v) is 1.82. The van der Waals surface area contributed by atoms with Crippen molar-refractivity contribution in [3.8, 4) is 6.07 Å². The van der Waals surface area contributed by atoms with Gasteiger partial charge in [0.05, 0.1) is 11.2 Å². The van der Waals surface area contributed by atoms with E-state index in [2.05, 4.69) is 17.2 Å². The van der Waals surface area contributed by atoms with Crippen molar-refractivity contribution in [2.75, 3.05) is 18.5 Å². The molecule has 16 heavy (non-hydrogen) atoms. The summed E-state index contributed by atoms with van der Waals surface area (Å²) in [7, 11) is 0. The molecule has 84 valence electrons. The molecule has 4 heteroatoms. The van der Waals surface area contributed by atoms with Crippen LogP contribution in [-0.2, 0) is 4.74 Å². The van der Waals surface area contributed by atoms with Crippen LogP contribution in [0.4, 0.5) is 5.82 Å². The largest absolute Gasteiger partial charge is 0.373 e. The molecule has 0 aromatic carbocycles. The van der Waals surface area contributed by atoms with Crippen molar-refractivity contribution < 1.29 is 4.74 Å². The van der Waals surface area contributed by atoms with Crippen molar-refractivity contribution in [3.63, 3.8) is 0 Å². The van der Waals surface area contributed by atoms with Crippen molar-refractivity contribution in [1.82, 2.24) is 4.98 Å². The molecule has 1 atom stereocenters. The predicted octanol–water partition coefficient (Wildman–Crippen LogP) is 1.93. The minimum absolute atomic E-state index is 0.0738. The van der Waals surface area contributed by atoms with Gasteiger partial charge in [0.15, 0.2) is 0 Å². The molecule has 0 radical (unpaired) electrons. The van der Waals surface area contributed by atoms with E-state index in [1.54, 1.807) is 12.3 Å². The zero-order chi connectivity index (χ0) is 11.4. The maximum atomic E-state index is 8.64. The van der Waals surface area contributed by atoms with Crippen molar-refractivity contribution in [1.29, 1.82) is 5.26 Å². The minimum atomic E-state index is -0.0738. The normalized spacial score (nSPS) is 24.0. The Labute approximate surface area is 95.3 Å². The summed E-state index contributed by atoms with van der Waals surface area (Å²) in [6, 6.07) is 5.62. The Balaban J connectivity index is 1.92. The first-order valence-electron chi connectivity index (χ1n) is 5.46. The van der Waals surface area contributed by atoms with Crippen LogP contribution in [0.5, 0.6) is 0 Å². The van der Waals surface area contributed by atoms with Crippen molar-refractivity contribution in [3.05, 3.63) is 23.9 Å². The second kappa shape index (κ2) is 4.50. The summed E-state index contributed by atoms with van der Waals surface area (Å²) in [4.78, 5) is 4.15. The highest BCUT2D eigenvalue weighted by Crippen LogP contribution is 2.25. The van der Waals surface area contributed by atoms with Crippen LogP contribution in [0.3, 0.4) is 0 Å². The van der Waals surface area contributed by atoms with Crippen molar-refractivity contribution in [2.24, 2.45) is 0 Å². The molecular formula is C12H15N3O. The second-order valence-corrected chi connectivity index (χ2v) is 4.30. The van der Waals surface area contributed by atoms with E-state index in [4.69, 9.17) is 10.00 Å². The minimum Gasteiger partial charge on any atom is -0.373 e. The molecule has 2 heterocycles. The lowest BCUT2D eigenvalue weighted by Gasteiger charge is -2.23. The highest BCUT2D eigenvalue weighted by atomic mass is 16.5. The Morgan fingerprint density at radius 2 is 2.50 bits per heavy atom. The Morgan fingerprint density at radius 3 is 3.06 bits per heavy atom. The van der Waals surface area contributed by atoms with Crippen LogP contribution in [0.25, 0.3) is 0 Å². The van der Waals surface area contributed by atoms with E-state index in [-0.39, 0.29) is 5.60 Å². The lowest BCUT2D eigenvalue weighted by molar-refractivity contribution is 0.0315. The van der Waals surface area contributed by atoms with Gasteiger partial charge in [-0.25, -0.2) is 4.98 Å². The third-order valence-electron chi connectivity index (χ3n) is 2.84. The fraction of sp³-hybridized carbons (Fsp3) is 0.500. The number of nitrogens with zero attached hydrogens (tertiary/aromatic N) is 2. The maximum Gasteiger partial charge on any atom is 0.126 e. The molecule has 0 aliphatic carbocycles. The Bertz CT molecular complexity index is 388. The average molecular weight is 217 g/mol. The number of hydrogen-bond donors (Lipinski definition) is 1. The van der Waals surface area contributed by atoms with Crippen LogP contribution in [-0.4, -0.2) is 23.7 Å². The smallest absolute Gasteiger partial charge is 0.126 e.